The first-order valence-electron chi connectivity index (χ1n) is 9.35. The molecule has 0 saturated carbocycles. The predicted molar refractivity (Wildman–Crippen MR) is 106 cm³/mol. The van der Waals surface area contributed by atoms with Crippen LogP contribution < -0.4 is 5.43 Å². The third kappa shape index (κ3) is 3.50. The van der Waals surface area contributed by atoms with Gasteiger partial charge in [-0.05, 0) is 24.3 Å². The van der Waals surface area contributed by atoms with Gasteiger partial charge in [-0.25, -0.2) is 0 Å². The molecule has 5 atom stereocenters. The lowest BCUT2D eigenvalue weighted by atomic mass is 9.89. The molecule has 31 heavy (non-hydrogen) atoms. The van der Waals surface area contributed by atoms with E-state index in [0.29, 0.717) is 5.56 Å². The molecule has 1 aliphatic heterocycles. The Morgan fingerprint density at radius 2 is 1.55 bits per heavy atom. The van der Waals surface area contributed by atoms with Gasteiger partial charge in [0.2, 0.25) is 0 Å². The number of phenols is 3. The standard InChI is InChI=1S/C21H20O10/c22-7-14-17(27)18(28)19(29)21(31-14)16-11(25)5-10(24)15-12(26)6-13(30-20(15)16)8-1-3-9(23)4-2-8/h1-6,14,17-19,21-25,27-29H,7H2/t14-,17-,18+,19+,21+/m1/s1. The molecule has 7 N–H and O–H groups in total. The average molecular weight is 432 g/mol. The first-order chi connectivity index (χ1) is 14.7. The van der Waals surface area contributed by atoms with Gasteiger partial charge in [-0.2, -0.15) is 0 Å². The van der Waals surface area contributed by atoms with Crippen molar-refractivity contribution in [1.29, 1.82) is 0 Å². The largest absolute Gasteiger partial charge is 0.508 e. The Labute approximate surface area is 174 Å². The van der Waals surface area contributed by atoms with Crippen molar-refractivity contribution in [1.82, 2.24) is 0 Å². The Morgan fingerprint density at radius 1 is 0.871 bits per heavy atom. The molecule has 3 aromatic rings. The molecular weight excluding hydrogens is 412 g/mol. The lowest BCUT2D eigenvalue weighted by Gasteiger charge is -2.40. The molecule has 0 radical (unpaired) electrons. The van der Waals surface area contributed by atoms with E-state index in [1.165, 1.54) is 24.3 Å². The lowest BCUT2D eigenvalue weighted by molar-refractivity contribution is -0.231. The molecular formula is C21H20O10. The molecule has 1 saturated heterocycles. The number of hydrogen-bond acceptors (Lipinski definition) is 10. The van der Waals surface area contributed by atoms with Crippen molar-refractivity contribution in [2.75, 3.05) is 6.61 Å². The second-order valence-electron chi connectivity index (χ2n) is 7.30. The quantitative estimate of drug-likeness (QED) is 0.300. The minimum atomic E-state index is -1.75. The van der Waals surface area contributed by atoms with E-state index in [1.54, 1.807) is 0 Å². The van der Waals surface area contributed by atoms with E-state index < -0.39 is 54.1 Å². The molecule has 10 heteroatoms. The first kappa shape index (κ1) is 21.1. The monoisotopic (exact) mass is 432 g/mol. The Kier molecular flexibility index (Phi) is 5.33. The van der Waals surface area contributed by atoms with Crippen LogP contribution in [0, 0.1) is 0 Å². The van der Waals surface area contributed by atoms with E-state index in [2.05, 4.69) is 0 Å². The van der Waals surface area contributed by atoms with Gasteiger partial charge in [0.05, 0.1) is 12.2 Å². The molecule has 1 aromatic heterocycles. The van der Waals surface area contributed by atoms with Crippen LogP contribution in [-0.4, -0.2) is 66.8 Å². The summed E-state index contributed by atoms with van der Waals surface area (Å²) in [7, 11) is 0. The van der Waals surface area contributed by atoms with Gasteiger partial charge < -0.3 is 44.9 Å². The molecule has 0 spiro atoms. The van der Waals surface area contributed by atoms with Gasteiger partial charge in [-0.15, -0.1) is 0 Å². The van der Waals surface area contributed by atoms with Crippen LogP contribution >= 0.6 is 0 Å². The number of ether oxygens (including phenoxy) is 1. The summed E-state index contributed by atoms with van der Waals surface area (Å²) in [5, 5.41) is 70.0. The van der Waals surface area contributed by atoms with E-state index in [-0.39, 0.29) is 28.0 Å². The number of phenolic OH excluding ortho intramolecular Hbond substituents is 3. The highest BCUT2D eigenvalue weighted by molar-refractivity contribution is 5.89. The van der Waals surface area contributed by atoms with E-state index in [4.69, 9.17) is 9.15 Å². The molecule has 1 fully saturated rings. The zero-order valence-corrected chi connectivity index (χ0v) is 15.9. The third-order valence-corrected chi connectivity index (χ3v) is 5.33. The molecule has 0 bridgehead atoms. The minimum Gasteiger partial charge on any atom is -0.508 e. The van der Waals surface area contributed by atoms with Crippen LogP contribution in [-0.2, 0) is 4.74 Å². The summed E-state index contributed by atoms with van der Waals surface area (Å²) < 4.78 is 11.3. The molecule has 0 amide bonds. The van der Waals surface area contributed by atoms with Gasteiger partial charge >= 0.3 is 0 Å². The van der Waals surface area contributed by atoms with Gasteiger partial charge in [0.25, 0.3) is 0 Å². The number of rotatable bonds is 3. The normalized spacial score (nSPS) is 26.3. The highest BCUT2D eigenvalue weighted by Crippen LogP contribution is 2.43. The van der Waals surface area contributed by atoms with Crippen LogP contribution in [0.25, 0.3) is 22.3 Å². The second kappa shape index (κ2) is 7.84. The summed E-state index contributed by atoms with van der Waals surface area (Å²) in [6, 6.07) is 7.69. The van der Waals surface area contributed by atoms with E-state index in [1.807, 2.05) is 0 Å². The predicted octanol–water partition coefficient (Wildman–Crippen LogP) is 0.0917. The maximum atomic E-state index is 12.7. The van der Waals surface area contributed by atoms with Gasteiger partial charge in [0.1, 0.15) is 58.9 Å². The van der Waals surface area contributed by atoms with Crippen LogP contribution in [0.2, 0.25) is 0 Å². The van der Waals surface area contributed by atoms with Crippen molar-refractivity contribution in [2.45, 2.75) is 30.5 Å². The molecule has 2 aromatic carbocycles. The minimum absolute atomic E-state index is 0.0100. The van der Waals surface area contributed by atoms with Gasteiger partial charge in [-0.3, -0.25) is 4.79 Å². The number of aliphatic hydroxyl groups is 4. The van der Waals surface area contributed by atoms with Gasteiger partial charge in [0.15, 0.2) is 11.0 Å². The van der Waals surface area contributed by atoms with Crippen molar-refractivity contribution < 1.29 is 44.9 Å². The fraction of sp³-hybridized carbons (Fsp3) is 0.286. The summed E-state index contributed by atoms with van der Waals surface area (Å²) in [6.07, 6.45) is -7.87. The third-order valence-electron chi connectivity index (χ3n) is 5.33. The highest BCUT2D eigenvalue weighted by Gasteiger charge is 2.46. The number of benzene rings is 2. The fourth-order valence-corrected chi connectivity index (χ4v) is 3.70. The topological polar surface area (TPSA) is 181 Å². The maximum Gasteiger partial charge on any atom is 0.197 e. The first-order valence-corrected chi connectivity index (χ1v) is 9.35. The zero-order valence-electron chi connectivity index (χ0n) is 15.9. The van der Waals surface area contributed by atoms with Crippen LogP contribution in [0.5, 0.6) is 17.2 Å². The number of aromatic hydroxyl groups is 3. The fourth-order valence-electron chi connectivity index (χ4n) is 3.70. The Hall–Kier alpha value is -3.15. The van der Waals surface area contributed by atoms with Crippen molar-refractivity contribution >= 4 is 11.0 Å². The summed E-state index contributed by atoms with van der Waals surface area (Å²) in [6.45, 7) is -0.694. The van der Waals surface area contributed by atoms with E-state index in [9.17, 15) is 40.5 Å². The van der Waals surface area contributed by atoms with Gasteiger partial charge in [-0.1, -0.05) is 0 Å². The molecule has 2 heterocycles. The molecule has 0 aliphatic carbocycles. The molecule has 164 valence electrons. The lowest BCUT2D eigenvalue weighted by Crippen LogP contribution is -2.55. The molecule has 1 aliphatic rings. The number of fused-ring (bicyclic) bond motifs is 1. The van der Waals surface area contributed by atoms with Crippen LogP contribution in [0.15, 0.2) is 45.6 Å². The SMILES string of the molecule is O=c1cc(-c2ccc(O)cc2)oc2c([C@@H]3O[C@H](CO)[C@@H](O)[C@H](O)[C@@H]3O)c(O)cc(O)c12. The zero-order chi connectivity index (χ0) is 22.4. The van der Waals surface area contributed by atoms with Crippen LogP contribution in [0.1, 0.15) is 11.7 Å². The Balaban J connectivity index is 1.96. The molecule has 4 rings (SSSR count). The second-order valence-corrected chi connectivity index (χ2v) is 7.30. The molecule has 10 nitrogen and oxygen atoms in total. The maximum absolute atomic E-state index is 12.7. The van der Waals surface area contributed by atoms with E-state index >= 15 is 0 Å². The summed E-state index contributed by atoms with van der Waals surface area (Å²) in [5.41, 5.74) is -0.813. The van der Waals surface area contributed by atoms with Crippen LogP contribution in [0.4, 0.5) is 0 Å². The summed E-state index contributed by atoms with van der Waals surface area (Å²) >= 11 is 0. The van der Waals surface area contributed by atoms with Gasteiger partial charge in [0, 0.05) is 17.7 Å². The Bertz CT molecular complexity index is 1170. The smallest absolute Gasteiger partial charge is 0.197 e. The van der Waals surface area contributed by atoms with Crippen molar-refractivity contribution in [3.63, 3.8) is 0 Å². The number of aliphatic hydroxyl groups excluding tert-OH is 4. The van der Waals surface area contributed by atoms with E-state index in [0.717, 1.165) is 12.1 Å². The summed E-state index contributed by atoms with van der Waals surface area (Å²) in [5.74, 6) is -1.15. The van der Waals surface area contributed by atoms with Crippen molar-refractivity contribution in [2.24, 2.45) is 0 Å². The van der Waals surface area contributed by atoms with Crippen molar-refractivity contribution in [3.05, 3.63) is 52.2 Å². The molecule has 0 unspecified atom stereocenters. The average Bonchev–Trinajstić information content (AvgIpc) is 2.73. The van der Waals surface area contributed by atoms with Crippen molar-refractivity contribution in [3.8, 4) is 28.6 Å². The Morgan fingerprint density at radius 3 is 2.19 bits per heavy atom. The van der Waals surface area contributed by atoms with Crippen LogP contribution in [0.3, 0.4) is 0 Å². The highest BCUT2D eigenvalue weighted by atomic mass is 16.5. The number of hydrogen-bond donors (Lipinski definition) is 7. The summed E-state index contributed by atoms with van der Waals surface area (Å²) in [4.78, 5) is 12.7.